The summed E-state index contributed by atoms with van der Waals surface area (Å²) in [7, 11) is 1.66. The number of rotatable bonds is 3. The van der Waals surface area contributed by atoms with Crippen LogP contribution in [0.3, 0.4) is 0 Å². The number of aryl methyl sites for hydroxylation is 1. The van der Waals surface area contributed by atoms with Crippen LogP contribution in [-0.2, 0) is 10.3 Å². The number of ether oxygens (including phenoxy) is 1. The van der Waals surface area contributed by atoms with Crippen LogP contribution in [0.2, 0.25) is 0 Å². The lowest BCUT2D eigenvalue weighted by Gasteiger charge is -2.41. The summed E-state index contributed by atoms with van der Waals surface area (Å²) in [5, 5.41) is 3.98. The number of nitrogens with zero attached hydrogens (tertiary/aromatic N) is 5. The third-order valence-corrected chi connectivity index (χ3v) is 7.06. The predicted octanol–water partition coefficient (Wildman–Crippen LogP) is 4.65. The standard InChI is InChI=1S/C27H25FN6O3/c1-14-7-24(37-32-14)15-5-6-16-18(8-15)27(2,3)36-12-23(16)33(4)26(35)17-9-21-20(10-19(17)28)31-25(29)22-11-30-13-34(21)22/h5-11,13,23H,12H2,1-4H3,(H2,29,31)/t23-/m1/s1. The van der Waals surface area contributed by atoms with Crippen molar-refractivity contribution in [1.82, 2.24) is 24.4 Å². The number of fused-ring (bicyclic) bond motifs is 4. The summed E-state index contributed by atoms with van der Waals surface area (Å²) in [5.41, 5.74) is 10.3. The summed E-state index contributed by atoms with van der Waals surface area (Å²) in [6, 6.07) is 10.1. The Morgan fingerprint density at radius 1 is 1.22 bits per heavy atom. The number of nitrogen functional groups attached to an aromatic ring is 1. The van der Waals surface area contributed by atoms with Gasteiger partial charge in [-0.25, -0.2) is 14.4 Å². The Morgan fingerprint density at radius 3 is 2.78 bits per heavy atom. The minimum absolute atomic E-state index is 0.0725. The number of hydrogen-bond acceptors (Lipinski definition) is 7. The highest BCUT2D eigenvalue weighted by Gasteiger charge is 2.37. The van der Waals surface area contributed by atoms with Gasteiger partial charge in [0.15, 0.2) is 5.76 Å². The van der Waals surface area contributed by atoms with Gasteiger partial charge < -0.3 is 19.9 Å². The van der Waals surface area contributed by atoms with Crippen molar-refractivity contribution in [3.8, 4) is 11.3 Å². The third kappa shape index (κ3) is 3.63. The molecule has 0 saturated heterocycles. The maximum Gasteiger partial charge on any atom is 0.257 e. The topological polar surface area (TPSA) is 112 Å². The first kappa shape index (κ1) is 23.1. The molecule has 2 aromatic carbocycles. The molecule has 6 rings (SSSR count). The highest BCUT2D eigenvalue weighted by atomic mass is 19.1. The van der Waals surface area contributed by atoms with E-state index in [1.54, 1.807) is 24.0 Å². The highest BCUT2D eigenvalue weighted by molar-refractivity contribution is 5.98. The van der Waals surface area contributed by atoms with Gasteiger partial charge in [0.05, 0.1) is 53.1 Å². The lowest BCUT2D eigenvalue weighted by atomic mass is 9.84. The average Bonchev–Trinajstić information content (AvgIpc) is 3.53. The van der Waals surface area contributed by atoms with E-state index >= 15 is 4.39 Å². The van der Waals surface area contributed by atoms with Gasteiger partial charge in [-0.1, -0.05) is 17.3 Å². The summed E-state index contributed by atoms with van der Waals surface area (Å²) >= 11 is 0. The van der Waals surface area contributed by atoms with Gasteiger partial charge in [-0.05, 0) is 44.0 Å². The Morgan fingerprint density at radius 2 is 2.03 bits per heavy atom. The molecule has 1 amide bonds. The van der Waals surface area contributed by atoms with E-state index in [4.69, 9.17) is 15.0 Å². The molecular weight excluding hydrogens is 475 g/mol. The summed E-state index contributed by atoms with van der Waals surface area (Å²) in [6.45, 7) is 6.10. The minimum atomic E-state index is -0.677. The zero-order valence-corrected chi connectivity index (χ0v) is 20.8. The monoisotopic (exact) mass is 500 g/mol. The Kier molecular flexibility index (Phi) is 5.06. The molecule has 5 aromatic rings. The lowest BCUT2D eigenvalue weighted by molar-refractivity contribution is -0.0611. The van der Waals surface area contributed by atoms with Crippen molar-refractivity contribution in [3.05, 3.63) is 77.1 Å². The first-order chi connectivity index (χ1) is 17.6. The Hall–Kier alpha value is -4.31. The summed E-state index contributed by atoms with van der Waals surface area (Å²) in [4.78, 5) is 23.6. The van der Waals surface area contributed by atoms with Crippen LogP contribution >= 0.6 is 0 Å². The SMILES string of the molecule is Cc1cc(-c2ccc3c(c2)C(C)(C)OC[C@H]3N(C)C(=O)c2cc3c(cc2F)nc(N)c2cncn23)on1. The van der Waals surface area contributed by atoms with Crippen LogP contribution in [0.15, 0.2) is 53.4 Å². The quantitative estimate of drug-likeness (QED) is 0.384. The Balaban J connectivity index is 1.40. The number of aromatic nitrogens is 4. The summed E-state index contributed by atoms with van der Waals surface area (Å²) < 4.78 is 28.6. The van der Waals surface area contributed by atoms with Gasteiger partial charge in [-0.2, -0.15) is 0 Å². The van der Waals surface area contributed by atoms with Crippen molar-refractivity contribution < 1.29 is 18.4 Å². The number of amides is 1. The van der Waals surface area contributed by atoms with Crippen LogP contribution in [0.1, 0.15) is 47.1 Å². The number of carbonyl (C=O) groups excluding carboxylic acids is 1. The fourth-order valence-corrected chi connectivity index (χ4v) is 4.99. The fraction of sp³-hybridized carbons (Fsp3) is 0.259. The van der Waals surface area contributed by atoms with E-state index in [0.29, 0.717) is 22.3 Å². The molecule has 4 heterocycles. The number of carbonyl (C=O) groups is 1. The van der Waals surface area contributed by atoms with Crippen LogP contribution in [0, 0.1) is 12.7 Å². The van der Waals surface area contributed by atoms with Gasteiger partial charge >= 0.3 is 0 Å². The van der Waals surface area contributed by atoms with Gasteiger partial charge in [0.2, 0.25) is 0 Å². The maximum atomic E-state index is 15.2. The van der Waals surface area contributed by atoms with E-state index in [0.717, 1.165) is 22.4 Å². The number of halogens is 1. The van der Waals surface area contributed by atoms with E-state index in [1.165, 1.54) is 17.0 Å². The van der Waals surface area contributed by atoms with Crippen molar-refractivity contribution in [2.24, 2.45) is 0 Å². The summed E-state index contributed by atoms with van der Waals surface area (Å²) in [5.74, 6) is -0.261. The van der Waals surface area contributed by atoms with E-state index < -0.39 is 23.4 Å². The predicted molar refractivity (Wildman–Crippen MR) is 135 cm³/mol. The van der Waals surface area contributed by atoms with E-state index in [9.17, 15) is 4.79 Å². The van der Waals surface area contributed by atoms with Crippen molar-refractivity contribution in [2.75, 3.05) is 19.4 Å². The fourth-order valence-electron chi connectivity index (χ4n) is 4.99. The molecular formula is C27H25FN6O3. The number of hydrogen-bond donors (Lipinski definition) is 1. The van der Waals surface area contributed by atoms with Crippen LogP contribution in [0.5, 0.6) is 0 Å². The number of anilines is 1. The van der Waals surface area contributed by atoms with Gasteiger partial charge in [0.1, 0.15) is 17.2 Å². The van der Waals surface area contributed by atoms with Gasteiger partial charge in [-0.3, -0.25) is 9.20 Å². The van der Waals surface area contributed by atoms with Gasteiger partial charge in [0, 0.05) is 24.7 Å². The normalized spacial score (nSPS) is 16.7. The van der Waals surface area contributed by atoms with Crippen molar-refractivity contribution in [3.63, 3.8) is 0 Å². The average molecular weight is 501 g/mol. The minimum Gasteiger partial charge on any atom is -0.382 e. The highest BCUT2D eigenvalue weighted by Crippen LogP contribution is 2.41. The number of nitrogens with two attached hydrogens (primary N) is 1. The number of imidazole rings is 1. The van der Waals surface area contributed by atoms with E-state index in [1.807, 2.05) is 45.0 Å². The van der Waals surface area contributed by atoms with Crippen LogP contribution in [0.25, 0.3) is 27.9 Å². The van der Waals surface area contributed by atoms with E-state index in [-0.39, 0.29) is 18.0 Å². The molecule has 188 valence electrons. The van der Waals surface area contributed by atoms with Crippen molar-refractivity contribution >= 4 is 28.3 Å². The smallest absolute Gasteiger partial charge is 0.257 e. The summed E-state index contributed by atoms with van der Waals surface area (Å²) in [6.07, 6.45) is 3.14. The molecule has 0 radical (unpaired) electrons. The molecule has 1 aliphatic rings. The molecule has 1 aliphatic heterocycles. The van der Waals surface area contributed by atoms with Crippen LogP contribution < -0.4 is 5.73 Å². The van der Waals surface area contributed by atoms with Crippen LogP contribution in [-0.4, -0.2) is 44.0 Å². The second kappa shape index (κ2) is 8.10. The molecule has 0 unspecified atom stereocenters. The second-order valence-corrected chi connectivity index (χ2v) is 9.85. The molecule has 1 atom stereocenters. The Labute approximate surface area is 211 Å². The molecule has 0 fully saturated rings. The zero-order valence-electron chi connectivity index (χ0n) is 20.8. The molecule has 37 heavy (non-hydrogen) atoms. The molecule has 0 aliphatic carbocycles. The molecule has 3 aromatic heterocycles. The zero-order chi connectivity index (χ0) is 26.1. The molecule has 10 heteroatoms. The number of likely N-dealkylation sites (N-methyl/N-ethyl adjacent to an activating group) is 1. The third-order valence-electron chi connectivity index (χ3n) is 7.06. The maximum absolute atomic E-state index is 15.2. The lowest BCUT2D eigenvalue weighted by Crippen LogP contribution is -2.41. The van der Waals surface area contributed by atoms with Crippen molar-refractivity contribution in [1.29, 1.82) is 0 Å². The molecule has 9 nitrogen and oxygen atoms in total. The number of benzene rings is 2. The molecule has 2 N–H and O–H groups in total. The molecule has 0 saturated carbocycles. The molecule has 0 bridgehead atoms. The van der Waals surface area contributed by atoms with Crippen molar-refractivity contribution in [2.45, 2.75) is 32.4 Å². The first-order valence-corrected chi connectivity index (χ1v) is 11.8. The van der Waals surface area contributed by atoms with Gasteiger partial charge in [-0.15, -0.1) is 0 Å². The second-order valence-electron chi connectivity index (χ2n) is 9.85. The van der Waals surface area contributed by atoms with E-state index in [2.05, 4.69) is 15.1 Å². The Bertz CT molecular complexity index is 1710. The van der Waals surface area contributed by atoms with Gasteiger partial charge in [0.25, 0.3) is 5.91 Å². The van der Waals surface area contributed by atoms with Crippen LogP contribution in [0.4, 0.5) is 10.2 Å². The first-order valence-electron chi connectivity index (χ1n) is 11.8. The molecule has 0 spiro atoms. The largest absolute Gasteiger partial charge is 0.382 e.